The summed E-state index contributed by atoms with van der Waals surface area (Å²) in [6.45, 7) is 1.81. The molecule has 0 aliphatic carbocycles. The van der Waals surface area contributed by atoms with Crippen LogP contribution in [0.4, 0.5) is 0 Å². The van der Waals surface area contributed by atoms with Crippen molar-refractivity contribution in [3.8, 4) is 12.3 Å². The number of nitrogens with one attached hydrogen (secondary N) is 1. The van der Waals surface area contributed by atoms with Gasteiger partial charge in [0.2, 0.25) is 0 Å². The van der Waals surface area contributed by atoms with Gasteiger partial charge in [-0.1, -0.05) is 0 Å². The first-order valence-corrected chi connectivity index (χ1v) is 4.10. The van der Waals surface area contributed by atoms with Gasteiger partial charge in [-0.15, -0.1) is 12.3 Å². The highest BCUT2D eigenvalue weighted by atomic mass is 16.3. The molecule has 0 spiro atoms. The zero-order valence-corrected chi connectivity index (χ0v) is 7.05. The van der Waals surface area contributed by atoms with E-state index in [1.54, 1.807) is 6.26 Å². The van der Waals surface area contributed by atoms with Crippen LogP contribution in [0.25, 0.3) is 0 Å². The van der Waals surface area contributed by atoms with Crippen molar-refractivity contribution in [2.24, 2.45) is 0 Å². The topological polar surface area (TPSA) is 25.2 Å². The first kappa shape index (κ1) is 8.89. The summed E-state index contributed by atoms with van der Waals surface area (Å²) in [5, 5.41) is 3.22. The normalized spacial score (nSPS) is 9.58. The van der Waals surface area contributed by atoms with Crippen molar-refractivity contribution < 1.29 is 4.42 Å². The summed E-state index contributed by atoms with van der Waals surface area (Å²) >= 11 is 0. The van der Waals surface area contributed by atoms with Crippen LogP contribution in [0.15, 0.2) is 22.8 Å². The molecule has 1 rings (SSSR count). The molecular weight excluding hydrogens is 150 g/mol. The van der Waals surface area contributed by atoms with Crippen LogP contribution in [0.5, 0.6) is 0 Å². The van der Waals surface area contributed by atoms with Gasteiger partial charge in [-0.05, 0) is 12.1 Å². The van der Waals surface area contributed by atoms with Crippen molar-refractivity contribution in [2.45, 2.75) is 12.8 Å². The molecule has 1 N–H and O–H groups in total. The second-order valence-corrected chi connectivity index (χ2v) is 2.53. The predicted molar refractivity (Wildman–Crippen MR) is 48.7 cm³/mol. The standard InChI is InChI=1S/C10H13NO/c1-2-3-7-11-8-6-10-5-4-9-12-10/h1,4-5,9,11H,3,6-8H2. The van der Waals surface area contributed by atoms with E-state index in [4.69, 9.17) is 10.8 Å². The van der Waals surface area contributed by atoms with Gasteiger partial charge in [0.05, 0.1) is 6.26 Å². The molecule has 2 heteroatoms. The van der Waals surface area contributed by atoms with Gasteiger partial charge in [0.1, 0.15) is 5.76 Å². The van der Waals surface area contributed by atoms with Gasteiger partial charge in [0.25, 0.3) is 0 Å². The molecule has 12 heavy (non-hydrogen) atoms. The van der Waals surface area contributed by atoms with Gasteiger partial charge >= 0.3 is 0 Å². The first-order chi connectivity index (χ1) is 5.93. The average Bonchev–Trinajstić information content (AvgIpc) is 2.57. The van der Waals surface area contributed by atoms with E-state index in [9.17, 15) is 0 Å². The summed E-state index contributed by atoms with van der Waals surface area (Å²) in [7, 11) is 0. The molecule has 0 radical (unpaired) electrons. The van der Waals surface area contributed by atoms with E-state index in [0.29, 0.717) is 0 Å². The molecule has 0 bridgehead atoms. The van der Waals surface area contributed by atoms with Gasteiger partial charge in [0, 0.05) is 25.9 Å². The Morgan fingerprint density at radius 2 is 2.42 bits per heavy atom. The fourth-order valence-electron chi connectivity index (χ4n) is 0.952. The van der Waals surface area contributed by atoms with E-state index in [1.165, 1.54) is 0 Å². The molecule has 0 saturated heterocycles. The van der Waals surface area contributed by atoms with Crippen molar-refractivity contribution in [2.75, 3.05) is 13.1 Å². The smallest absolute Gasteiger partial charge is 0.105 e. The summed E-state index contributed by atoms with van der Waals surface area (Å²) in [6, 6.07) is 3.87. The molecule has 1 aromatic rings. The van der Waals surface area contributed by atoms with Crippen molar-refractivity contribution in [1.29, 1.82) is 0 Å². The molecule has 1 aromatic heterocycles. The van der Waals surface area contributed by atoms with Crippen LogP contribution in [0.3, 0.4) is 0 Å². The first-order valence-electron chi connectivity index (χ1n) is 4.10. The zero-order valence-electron chi connectivity index (χ0n) is 7.05. The van der Waals surface area contributed by atoms with E-state index < -0.39 is 0 Å². The van der Waals surface area contributed by atoms with Gasteiger partial charge in [0.15, 0.2) is 0 Å². The van der Waals surface area contributed by atoms with E-state index in [1.807, 2.05) is 12.1 Å². The highest BCUT2D eigenvalue weighted by molar-refractivity contribution is 4.98. The van der Waals surface area contributed by atoms with Crippen molar-refractivity contribution in [3.63, 3.8) is 0 Å². The Kier molecular flexibility index (Phi) is 4.04. The molecule has 0 aromatic carbocycles. The minimum absolute atomic E-state index is 0.790. The number of terminal acetylenes is 1. The average molecular weight is 163 g/mol. The van der Waals surface area contributed by atoms with Crippen LogP contribution >= 0.6 is 0 Å². The van der Waals surface area contributed by atoms with Crippen molar-refractivity contribution in [1.82, 2.24) is 5.32 Å². The lowest BCUT2D eigenvalue weighted by molar-refractivity contribution is 0.500. The number of rotatable bonds is 5. The molecule has 0 aliphatic rings. The molecule has 0 fully saturated rings. The Morgan fingerprint density at radius 3 is 3.08 bits per heavy atom. The zero-order chi connectivity index (χ0) is 8.65. The maximum atomic E-state index is 5.16. The van der Waals surface area contributed by atoms with E-state index in [-0.39, 0.29) is 0 Å². The molecule has 0 atom stereocenters. The van der Waals surface area contributed by atoms with E-state index in [2.05, 4.69) is 11.2 Å². The van der Waals surface area contributed by atoms with Crippen LogP contribution in [-0.4, -0.2) is 13.1 Å². The number of furan rings is 1. The van der Waals surface area contributed by atoms with Gasteiger partial charge in [-0.2, -0.15) is 0 Å². The second-order valence-electron chi connectivity index (χ2n) is 2.53. The lowest BCUT2D eigenvalue weighted by Gasteiger charge is -1.98. The Labute approximate surface area is 73.0 Å². The van der Waals surface area contributed by atoms with E-state index >= 15 is 0 Å². The summed E-state index contributed by atoms with van der Waals surface area (Å²) in [6.07, 6.45) is 8.51. The third kappa shape index (κ3) is 3.27. The third-order valence-electron chi connectivity index (χ3n) is 1.57. The van der Waals surface area contributed by atoms with Crippen LogP contribution in [-0.2, 0) is 6.42 Å². The number of hydrogen-bond donors (Lipinski definition) is 1. The molecule has 0 aliphatic heterocycles. The van der Waals surface area contributed by atoms with Gasteiger partial charge < -0.3 is 9.73 Å². The fraction of sp³-hybridized carbons (Fsp3) is 0.400. The second kappa shape index (κ2) is 5.45. The summed E-state index contributed by atoms with van der Waals surface area (Å²) in [4.78, 5) is 0. The van der Waals surface area contributed by atoms with Crippen molar-refractivity contribution in [3.05, 3.63) is 24.2 Å². The van der Waals surface area contributed by atoms with Gasteiger partial charge in [-0.3, -0.25) is 0 Å². The van der Waals surface area contributed by atoms with Crippen LogP contribution in [0, 0.1) is 12.3 Å². The number of hydrogen-bond acceptors (Lipinski definition) is 2. The van der Waals surface area contributed by atoms with Crippen molar-refractivity contribution >= 4 is 0 Å². The third-order valence-corrected chi connectivity index (χ3v) is 1.57. The largest absolute Gasteiger partial charge is 0.469 e. The van der Waals surface area contributed by atoms with Crippen LogP contribution < -0.4 is 5.32 Å². The summed E-state index contributed by atoms with van der Waals surface area (Å²) < 4.78 is 5.16. The van der Waals surface area contributed by atoms with Crippen LogP contribution in [0.2, 0.25) is 0 Å². The Bertz CT molecular complexity index is 233. The van der Waals surface area contributed by atoms with Crippen LogP contribution in [0.1, 0.15) is 12.2 Å². The Morgan fingerprint density at radius 1 is 1.50 bits per heavy atom. The predicted octanol–water partition coefficient (Wildman–Crippen LogP) is 1.43. The maximum Gasteiger partial charge on any atom is 0.105 e. The summed E-state index contributed by atoms with van der Waals surface area (Å²) in [5.41, 5.74) is 0. The monoisotopic (exact) mass is 163 g/mol. The maximum absolute atomic E-state index is 5.16. The minimum Gasteiger partial charge on any atom is -0.469 e. The Hall–Kier alpha value is -1.20. The minimum atomic E-state index is 0.790. The molecule has 1 heterocycles. The molecule has 0 unspecified atom stereocenters. The summed E-state index contributed by atoms with van der Waals surface area (Å²) in [5.74, 6) is 3.59. The molecule has 2 nitrogen and oxygen atoms in total. The highest BCUT2D eigenvalue weighted by Crippen LogP contribution is 1.99. The lowest BCUT2D eigenvalue weighted by atomic mass is 10.3. The molecule has 64 valence electrons. The fourth-order valence-corrected chi connectivity index (χ4v) is 0.952. The molecule has 0 saturated carbocycles. The Balaban J connectivity index is 2.01. The quantitative estimate of drug-likeness (QED) is 0.525. The lowest BCUT2D eigenvalue weighted by Crippen LogP contribution is -2.17. The highest BCUT2D eigenvalue weighted by Gasteiger charge is 1.93. The molecule has 0 amide bonds. The SMILES string of the molecule is C#CCCNCCc1ccco1. The van der Waals surface area contributed by atoms with E-state index in [0.717, 1.165) is 31.7 Å². The van der Waals surface area contributed by atoms with Gasteiger partial charge in [-0.25, -0.2) is 0 Å². The molecular formula is C10H13NO.